The molecule has 0 N–H and O–H groups in total. The number of hydrogen-bond donors (Lipinski definition) is 0. The van der Waals surface area contributed by atoms with E-state index in [4.69, 9.17) is 0 Å². The summed E-state index contributed by atoms with van der Waals surface area (Å²) in [7, 11) is 0. The van der Waals surface area contributed by atoms with Crippen molar-refractivity contribution in [3.63, 3.8) is 0 Å². The average molecular weight is 676 g/mol. The fourth-order valence-corrected chi connectivity index (χ4v) is 10.0. The quantitative estimate of drug-likeness (QED) is 0.179. The van der Waals surface area contributed by atoms with Crippen LogP contribution in [0.25, 0.3) is 44.5 Å². The summed E-state index contributed by atoms with van der Waals surface area (Å²) in [6.45, 7) is 4.73. The Morgan fingerprint density at radius 3 is 1.51 bits per heavy atom. The van der Waals surface area contributed by atoms with Gasteiger partial charge in [-0.2, -0.15) is 0 Å². The number of anilines is 3. The average Bonchev–Trinajstić information content (AvgIpc) is 3.77. The summed E-state index contributed by atoms with van der Waals surface area (Å²) in [6.07, 6.45) is 0. The highest BCUT2D eigenvalue weighted by Crippen LogP contribution is 2.63. The lowest BCUT2D eigenvalue weighted by Crippen LogP contribution is -2.25. The van der Waals surface area contributed by atoms with Crippen molar-refractivity contribution in [3.05, 3.63) is 221 Å². The van der Waals surface area contributed by atoms with Crippen LogP contribution in [0.15, 0.2) is 188 Å². The number of fused-ring (bicyclic) bond motifs is 13. The van der Waals surface area contributed by atoms with Crippen LogP contribution in [-0.2, 0) is 10.8 Å². The molecule has 0 radical (unpaired) electrons. The molecule has 11 rings (SSSR count). The Hall–Kier alpha value is -6.44. The first-order valence-corrected chi connectivity index (χ1v) is 18.7. The van der Waals surface area contributed by atoms with Gasteiger partial charge in [0.25, 0.3) is 0 Å². The topological polar surface area (TPSA) is 3.24 Å². The van der Waals surface area contributed by atoms with Crippen LogP contribution in [0.3, 0.4) is 0 Å². The van der Waals surface area contributed by atoms with E-state index in [1.54, 1.807) is 0 Å². The molecule has 0 amide bonds. The minimum Gasteiger partial charge on any atom is -0.310 e. The minimum atomic E-state index is -0.368. The van der Waals surface area contributed by atoms with Gasteiger partial charge in [-0.1, -0.05) is 172 Å². The van der Waals surface area contributed by atoms with E-state index in [1.165, 1.54) is 83.6 Å². The molecule has 0 aliphatic heterocycles. The number of nitrogens with zero attached hydrogens (tertiary/aromatic N) is 1. The lowest BCUT2D eigenvalue weighted by atomic mass is 9.70. The van der Waals surface area contributed by atoms with Gasteiger partial charge in [-0.25, -0.2) is 0 Å². The molecular weight excluding hydrogens is 639 g/mol. The van der Waals surface area contributed by atoms with Crippen LogP contribution in [0.4, 0.5) is 17.1 Å². The SMILES string of the molecule is CC1(C)c2ccccc2-c2c(N(c3cccc(-c4ccccc4)c3)c3ccc4c(c3)-c3ccccc3C43c4ccccc4-c4ccccc43)cccc21. The smallest absolute Gasteiger partial charge is 0.0725 e. The van der Waals surface area contributed by atoms with Gasteiger partial charge in [-0.05, 0) is 103 Å². The van der Waals surface area contributed by atoms with E-state index in [-0.39, 0.29) is 10.8 Å². The van der Waals surface area contributed by atoms with E-state index in [0.29, 0.717) is 0 Å². The van der Waals surface area contributed by atoms with Gasteiger partial charge in [-0.15, -0.1) is 0 Å². The highest BCUT2D eigenvalue weighted by Gasteiger charge is 2.51. The molecule has 0 fully saturated rings. The van der Waals surface area contributed by atoms with Gasteiger partial charge < -0.3 is 4.90 Å². The van der Waals surface area contributed by atoms with E-state index in [9.17, 15) is 0 Å². The van der Waals surface area contributed by atoms with Gasteiger partial charge in [0.1, 0.15) is 0 Å². The summed E-state index contributed by atoms with van der Waals surface area (Å²) < 4.78 is 0. The van der Waals surface area contributed by atoms with Crippen molar-refractivity contribution in [1.82, 2.24) is 0 Å². The summed E-state index contributed by atoms with van der Waals surface area (Å²) in [5, 5.41) is 0. The van der Waals surface area contributed by atoms with E-state index in [2.05, 4.69) is 207 Å². The van der Waals surface area contributed by atoms with Crippen molar-refractivity contribution in [1.29, 1.82) is 0 Å². The predicted molar refractivity (Wildman–Crippen MR) is 220 cm³/mol. The van der Waals surface area contributed by atoms with Crippen molar-refractivity contribution in [3.8, 4) is 44.5 Å². The van der Waals surface area contributed by atoms with Crippen LogP contribution in [0, 0.1) is 0 Å². The third-order valence-corrected chi connectivity index (χ3v) is 12.3. The first-order valence-electron chi connectivity index (χ1n) is 18.7. The molecule has 53 heavy (non-hydrogen) atoms. The lowest BCUT2D eigenvalue weighted by molar-refractivity contribution is 0.660. The molecular formula is C52H37N. The van der Waals surface area contributed by atoms with Gasteiger partial charge in [0.2, 0.25) is 0 Å². The van der Waals surface area contributed by atoms with Crippen LogP contribution < -0.4 is 4.90 Å². The molecule has 1 nitrogen and oxygen atoms in total. The molecule has 0 saturated heterocycles. The van der Waals surface area contributed by atoms with Crippen molar-refractivity contribution in [2.75, 3.05) is 4.90 Å². The molecule has 8 aromatic carbocycles. The summed E-state index contributed by atoms with van der Waals surface area (Å²) >= 11 is 0. The van der Waals surface area contributed by atoms with Gasteiger partial charge in [-0.3, -0.25) is 0 Å². The van der Waals surface area contributed by atoms with E-state index in [0.717, 1.165) is 11.4 Å². The second kappa shape index (κ2) is 11.0. The maximum atomic E-state index is 2.51. The fourth-order valence-electron chi connectivity index (χ4n) is 10.0. The van der Waals surface area contributed by atoms with Crippen LogP contribution >= 0.6 is 0 Å². The molecule has 0 unspecified atom stereocenters. The Morgan fingerprint density at radius 2 is 0.830 bits per heavy atom. The lowest BCUT2D eigenvalue weighted by Gasteiger charge is -2.32. The van der Waals surface area contributed by atoms with Crippen molar-refractivity contribution in [2.24, 2.45) is 0 Å². The van der Waals surface area contributed by atoms with Crippen molar-refractivity contribution in [2.45, 2.75) is 24.7 Å². The predicted octanol–water partition coefficient (Wildman–Crippen LogP) is 13.5. The molecule has 3 aliphatic rings. The van der Waals surface area contributed by atoms with E-state index >= 15 is 0 Å². The Kier molecular flexibility index (Phi) is 6.29. The Bertz CT molecular complexity index is 2720. The largest absolute Gasteiger partial charge is 0.310 e. The van der Waals surface area contributed by atoms with Crippen molar-refractivity contribution < 1.29 is 0 Å². The minimum absolute atomic E-state index is 0.105. The number of benzene rings is 8. The maximum absolute atomic E-state index is 2.51. The molecule has 250 valence electrons. The fraction of sp³-hybridized carbons (Fsp3) is 0.0769. The van der Waals surface area contributed by atoms with Gasteiger partial charge in [0.15, 0.2) is 0 Å². The normalized spacial score (nSPS) is 14.5. The summed E-state index contributed by atoms with van der Waals surface area (Å²) in [5.74, 6) is 0. The molecule has 0 heterocycles. The molecule has 1 spiro atoms. The third kappa shape index (κ3) is 4.02. The van der Waals surface area contributed by atoms with E-state index in [1.807, 2.05) is 0 Å². The Morgan fingerprint density at radius 1 is 0.340 bits per heavy atom. The second-order valence-corrected chi connectivity index (χ2v) is 15.2. The zero-order chi connectivity index (χ0) is 35.3. The van der Waals surface area contributed by atoms with Crippen LogP contribution in [0.1, 0.15) is 47.2 Å². The number of hydrogen-bond acceptors (Lipinski definition) is 1. The van der Waals surface area contributed by atoms with Gasteiger partial charge in [0.05, 0.1) is 11.1 Å². The molecule has 0 aromatic heterocycles. The van der Waals surface area contributed by atoms with Crippen LogP contribution in [0.5, 0.6) is 0 Å². The van der Waals surface area contributed by atoms with E-state index < -0.39 is 0 Å². The molecule has 0 atom stereocenters. The maximum Gasteiger partial charge on any atom is 0.0725 e. The summed E-state index contributed by atoms with van der Waals surface area (Å²) in [4.78, 5) is 2.51. The molecule has 0 bridgehead atoms. The third-order valence-electron chi connectivity index (χ3n) is 12.3. The highest BCUT2D eigenvalue weighted by atomic mass is 15.1. The van der Waals surface area contributed by atoms with Crippen molar-refractivity contribution >= 4 is 17.1 Å². The zero-order valence-electron chi connectivity index (χ0n) is 29.8. The van der Waals surface area contributed by atoms with Crippen LogP contribution in [-0.4, -0.2) is 0 Å². The standard InChI is InChI=1S/C52H37N/c1-51(2)43-24-10-9-23-41(43)50-48(51)28-15-29-49(50)53(36-19-14-18-35(32-36)34-16-4-3-5-17-34)37-30-31-47-42(33-37)40-22-8-13-27-46(40)52(47)44-25-11-6-20-38(44)39-21-7-12-26-45(39)52/h3-33H,1-2H3. The molecule has 0 saturated carbocycles. The first kappa shape index (κ1) is 30.2. The summed E-state index contributed by atoms with van der Waals surface area (Å²) in [6, 6.07) is 70.1. The van der Waals surface area contributed by atoms with Crippen LogP contribution in [0.2, 0.25) is 0 Å². The Balaban J connectivity index is 1.19. The zero-order valence-corrected chi connectivity index (χ0v) is 29.8. The second-order valence-electron chi connectivity index (χ2n) is 15.2. The first-order chi connectivity index (χ1) is 26.1. The molecule has 8 aromatic rings. The molecule has 1 heteroatoms. The van der Waals surface area contributed by atoms with Gasteiger partial charge >= 0.3 is 0 Å². The monoisotopic (exact) mass is 675 g/mol. The molecule has 3 aliphatic carbocycles. The highest BCUT2D eigenvalue weighted by molar-refractivity contribution is 5.99. The summed E-state index contributed by atoms with van der Waals surface area (Å²) in [5.41, 5.74) is 21.5. The number of rotatable bonds is 4. The Labute approximate surface area is 311 Å². The van der Waals surface area contributed by atoms with Gasteiger partial charge in [0, 0.05) is 22.4 Å².